The highest BCUT2D eigenvalue weighted by Crippen LogP contribution is 2.29. The number of rotatable bonds is 8. The number of aromatic nitrogens is 4. The first-order valence-corrected chi connectivity index (χ1v) is 10.5. The maximum absolute atomic E-state index is 13.3. The number of imidazole rings is 2. The van der Waals surface area contributed by atoms with Crippen LogP contribution in [0.3, 0.4) is 0 Å². The van der Waals surface area contributed by atoms with E-state index < -0.39 is 6.04 Å². The molecule has 32 heavy (non-hydrogen) atoms. The molecule has 4 aromatic rings. The van der Waals surface area contributed by atoms with Crippen LogP contribution in [0.4, 0.5) is 0 Å². The van der Waals surface area contributed by atoms with Gasteiger partial charge in [0, 0.05) is 31.9 Å². The van der Waals surface area contributed by atoms with Crippen molar-refractivity contribution < 1.29 is 14.3 Å². The van der Waals surface area contributed by atoms with Crippen LogP contribution in [0.15, 0.2) is 54.9 Å². The molecule has 166 valence electrons. The van der Waals surface area contributed by atoms with Crippen molar-refractivity contribution in [3.63, 3.8) is 0 Å². The van der Waals surface area contributed by atoms with Gasteiger partial charge in [0.15, 0.2) is 0 Å². The minimum absolute atomic E-state index is 0.141. The molecule has 2 aromatic heterocycles. The first kappa shape index (κ1) is 21.4. The normalized spacial score (nSPS) is 12.0. The predicted molar refractivity (Wildman–Crippen MR) is 122 cm³/mol. The number of carbonyl (C=O) groups is 1. The maximum Gasteiger partial charge on any atom is 0.240 e. The highest BCUT2D eigenvalue weighted by Gasteiger charge is 2.23. The third kappa shape index (κ3) is 4.16. The van der Waals surface area contributed by atoms with Gasteiger partial charge in [-0.1, -0.05) is 19.1 Å². The number of hydrogen-bond donors (Lipinski definition) is 1. The van der Waals surface area contributed by atoms with Gasteiger partial charge in [-0.25, -0.2) is 9.97 Å². The first-order valence-electron chi connectivity index (χ1n) is 10.5. The van der Waals surface area contributed by atoms with E-state index >= 15 is 0 Å². The molecule has 0 aliphatic carbocycles. The fourth-order valence-electron chi connectivity index (χ4n) is 3.87. The molecule has 0 fully saturated rings. The fraction of sp³-hybridized carbons (Fsp3) is 0.292. The molecule has 0 radical (unpaired) electrons. The Bertz CT molecular complexity index is 1220. The van der Waals surface area contributed by atoms with Crippen molar-refractivity contribution in [2.45, 2.75) is 25.9 Å². The Balaban J connectivity index is 1.69. The predicted octanol–water partition coefficient (Wildman–Crippen LogP) is 3.26. The number of amides is 1. The van der Waals surface area contributed by atoms with Crippen molar-refractivity contribution in [1.82, 2.24) is 24.4 Å². The molecule has 1 unspecified atom stereocenters. The van der Waals surface area contributed by atoms with Gasteiger partial charge in [0.25, 0.3) is 0 Å². The molecule has 0 saturated heterocycles. The summed E-state index contributed by atoms with van der Waals surface area (Å²) in [6, 6.07) is 12.9. The summed E-state index contributed by atoms with van der Waals surface area (Å²) in [6.45, 7) is 2.19. The van der Waals surface area contributed by atoms with Crippen LogP contribution in [0.5, 0.6) is 11.5 Å². The minimum Gasteiger partial charge on any atom is -0.497 e. The summed E-state index contributed by atoms with van der Waals surface area (Å²) in [5.74, 6) is 2.72. The molecule has 0 aliphatic heterocycles. The van der Waals surface area contributed by atoms with E-state index in [9.17, 15) is 4.79 Å². The van der Waals surface area contributed by atoms with E-state index in [4.69, 9.17) is 9.47 Å². The lowest BCUT2D eigenvalue weighted by molar-refractivity contribution is -0.122. The van der Waals surface area contributed by atoms with Gasteiger partial charge in [0.2, 0.25) is 5.91 Å². The van der Waals surface area contributed by atoms with Crippen molar-refractivity contribution >= 4 is 16.9 Å². The Hall–Kier alpha value is -3.81. The Morgan fingerprint density at radius 3 is 2.47 bits per heavy atom. The van der Waals surface area contributed by atoms with Gasteiger partial charge in [-0.15, -0.1) is 0 Å². The van der Waals surface area contributed by atoms with Crippen LogP contribution in [0.1, 0.15) is 30.2 Å². The van der Waals surface area contributed by atoms with Crippen molar-refractivity contribution in [3.05, 3.63) is 72.1 Å². The van der Waals surface area contributed by atoms with Gasteiger partial charge in [-0.05, 0) is 29.8 Å². The number of nitrogens with zero attached hydrogens (tertiary/aromatic N) is 4. The van der Waals surface area contributed by atoms with Gasteiger partial charge in [-0.3, -0.25) is 4.79 Å². The van der Waals surface area contributed by atoms with E-state index in [1.165, 1.54) is 0 Å². The van der Waals surface area contributed by atoms with Crippen molar-refractivity contribution in [2.75, 3.05) is 14.2 Å². The molecule has 8 nitrogen and oxygen atoms in total. The molecule has 8 heteroatoms. The van der Waals surface area contributed by atoms with Crippen LogP contribution in [-0.2, 0) is 24.8 Å². The first-order chi connectivity index (χ1) is 15.5. The largest absolute Gasteiger partial charge is 0.497 e. The molecule has 1 atom stereocenters. The van der Waals surface area contributed by atoms with Crippen LogP contribution < -0.4 is 14.8 Å². The highest BCUT2D eigenvalue weighted by molar-refractivity contribution is 5.81. The summed E-state index contributed by atoms with van der Waals surface area (Å²) >= 11 is 0. The smallest absolute Gasteiger partial charge is 0.240 e. The molecule has 1 N–H and O–H groups in total. The van der Waals surface area contributed by atoms with E-state index in [2.05, 4.69) is 15.3 Å². The topological polar surface area (TPSA) is 83.2 Å². The lowest BCUT2D eigenvalue weighted by atomic mass is 10.0. The number of hydrogen-bond acceptors (Lipinski definition) is 5. The SMILES string of the molecule is CCc1nc2ccccc2n1CC(=O)NC(c1cc(OC)cc(OC)c1)c1nccn1C. The highest BCUT2D eigenvalue weighted by atomic mass is 16.5. The Morgan fingerprint density at radius 1 is 1.12 bits per heavy atom. The summed E-state index contributed by atoms with van der Waals surface area (Å²) in [4.78, 5) is 22.4. The summed E-state index contributed by atoms with van der Waals surface area (Å²) in [6.07, 6.45) is 4.30. The summed E-state index contributed by atoms with van der Waals surface area (Å²) in [5.41, 5.74) is 2.64. The zero-order chi connectivity index (χ0) is 22.7. The molecular formula is C24H27N5O3. The number of methoxy groups -OCH3 is 2. The van der Waals surface area contributed by atoms with E-state index in [-0.39, 0.29) is 12.5 Å². The zero-order valence-corrected chi connectivity index (χ0v) is 18.7. The van der Waals surface area contributed by atoms with Crippen LogP contribution in [0, 0.1) is 0 Å². The third-order valence-electron chi connectivity index (χ3n) is 5.48. The standard InChI is InChI=1S/C24H27N5O3/c1-5-21-26-19-8-6-7-9-20(19)29(21)15-22(30)27-23(24-25-10-11-28(24)2)16-12-17(31-3)14-18(13-16)32-4/h6-14,23H,5,15H2,1-4H3,(H,27,30). The monoisotopic (exact) mass is 433 g/mol. The summed E-state index contributed by atoms with van der Waals surface area (Å²) in [5, 5.41) is 3.15. The summed E-state index contributed by atoms with van der Waals surface area (Å²) in [7, 11) is 5.10. The molecule has 0 aliphatic rings. The number of para-hydroxylation sites is 2. The van der Waals surface area contributed by atoms with Crippen molar-refractivity contribution in [3.8, 4) is 11.5 Å². The van der Waals surface area contributed by atoms with E-state index in [1.54, 1.807) is 26.5 Å². The lowest BCUT2D eigenvalue weighted by Crippen LogP contribution is -2.34. The number of ether oxygens (including phenoxy) is 2. The van der Waals surface area contributed by atoms with Crippen LogP contribution in [0.25, 0.3) is 11.0 Å². The average Bonchev–Trinajstić information content (AvgIpc) is 3.40. The maximum atomic E-state index is 13.3. The van der Waals surface area contributed by atoms with Gasteiger partial charge in [0.05, 0.1) is 25.3 Å². The Morgan fingerprint density at radius 2 is 1.84 bits per heavy atom. The molecular weight excluding hydrogens is 406 g/mol. The van der Waals surface area contributed by atoms with Crippen molar-refractivity contribution in [2.24, 2.45) is 7.05 Å². The second-order valence-corrected chi connectivity index (χ2v) is 7.50. The number of carbonyl (C=O) groups excluding carboxylic acids is 1. The molecule has 0 bridgehead atoms. The number of nitrogens with one attached hydrogen (secondary N) is 1. The van der Waals surface area contributed by atoms with Gasteiger partial charge < -0.3 is 23.9 Å². The number of benzene rings is 2. The van der Waals surface area contributed by atoms with Gasteiger partial charge >= 0.3 is 0 Å². The van der Waals surface area contributed by atoms with Crippen LogP contribution in [0.2, 0.25) is 0 Å². The molecule has 0 saturated carbocycles. The Labute approximate surface area is 186 Å². The fourth-order valence-corrected chi connectivity index (χ4v) is 3.87. The number of aryl methyl sites for hydroxylation is 2. The quantitative estimate of drug-likeness (QED) is 0.461. The third-order valence-corrected chi connectivity index (χ3v) is 5.48. The number of fused-ring (bicyclic) bond motifs is 1. The second kappa shape index (κ2) is 9.13. The summed E-state index contributed by atoms with van der Waals surface area (Å²) < 4.78 is 14.7. The van der Waals surface area contributed by atoms with Gasteiger partial charge in [-0.2, -0.15) is 0 Å². The second-order valence-electron chi connectivity index (χ2n) is 7.50. The molecule has 0 spiro atoms. The van der Waals surface area contributed by atoms with E-state index in [1.807, 2.05) is 65.7 Å². The van der Waals surface area contributed by atoms with Crippen LogP contribution >= 0.6 is 0 Å². The van der Waals surface area contributed by atoms with E-state index in [0.29, 0.717) is 17.3 Å². The van der Waals surface area contributed by atoms with E-state index in [0.717, 1.165) is 28.8 Å². The van der Waals surface area contributed by atoms with Crippen LogP contribution in [-0.4, -0.2) is 39.2 Å². The van der Waals surface area contributed by atoms with Crippen molar-refractivity contribution in [1.29, 1.82) is 0 Å². The Kier molecular flexibility index (Phi) is 6.11. The zero-order valence-electron chi connectivity index (χ0n) is 18.7. The minimum atomic E-state index is -0.480. The molecule has 4 rings (SSSR count). The average molecular weight is 434 g/mol. The molecule has 1 amide bonds. The molecule has 2 heterocycles. The molecule has 2 aromatic carbocycles. The lowest BCUT2D eigenvalue weighted by Gasteiger charge is -2.21. The van der Waals surface area contributed by atoms with Gasteiger partial charge in [0.1, 0.15) is 35.7 Å².